The molecular formula is C68H50O2. The maximum absolute atomic E-state index is 6.34. The van der Waals surface area contributed by atoms with Crippen LogP contribution in [-0.4, -0.2) is 6.79 Å². The normalized spacial score (nSPS) is 15.4. The van der Waals surface area contributed by atoms with E-state index in [1.807, 2.05) is 0 Å². The van der Waals surface area contributed by atoms with Gasteiger partial charge in [0.15, 0.2) is 11.5 Å². The molecule has 2 heteroatoms. The average Bonchev–Trinajstić information content (AvgIpc) is 4.12. The fraction of sp³-hybridized carbons (Fsp3) is 0.118. The monoisotopic (exact) mass is 898 g/mol. The first-order valence-corrected chi connectivity index (χ1v) is 24.7. The van der Waals surface area contributed by atoms with Crippen LogP contribution in [0, 0.1) is 0 Å². The van der Waals surface area contributed by atoms with Gasteiger partial charge in [0.2, 0.25) is 6.79 Å². The molecule has 10 aromatic carbocycles. The van der Waals surface area contributed by atoms with E-state index in [1.165, 1.54) is 117 Å². The van der Waals surface area contributed by atoms with Gasteiger partial charge in [-0.2, -0.15) is 0 Å². The quantitative estimate of drug-likeness (QED) is 0.166. The molecule has 0 saturated carbocycles. The van der Waals surface area contributed by atoms with Gasteiger partial charge < -0.3 is 9.47 Å². The van der Waals surface area contributed by atoms with E-state index in [4.69, 9.17) is 9.47 Å². The summed E-state index contributed by atoms with van der Waals surface area (Å²) in [5, 5.41) is 0. The molecule has 0 unspecified atom stereocenters. The third-order valence-electron chi connectivity index (χ3n) is 16.4. The van der Waals surface area contributed by atoms with E-state index in [2.05, 4.69) is 246 Å². The SMILES string of the molecule is CC1(C)c2ccccc2-c2c(-c3cccc(C4(c5cccc(-c6cccc7c6-c6ccccc6C7(C)C)c5)c5cc6c(cc5-c5c(-c7cccc(-c8ccccc8)c7)cccc54)OCO6)c3)cccc21. The minimum atomic E-state index is -0.769. The van der Waals surface area contributed by atoms with Crippen LogP contribution in [0.25, 0.3) is 77.9 Å². The zero-order valence-corrected chi connectivity index (χ0v) is 39.8. The van der Waals surface area contributed by atoms with Crippen molar-refractivity contribution in [2.45, 2.75) is 43.9 Å². The Morgan fingerprint density at radius 2 is 0.686 bits per heavy atom. The number of hydrogen-bond donors (Lipinski definition) is 0. The van der Waals surface area contributed by atoms with Crippen LogP contribution in [0.4, 0.5) is 0 Å². The fourth-order valence-electron chi connectivity index (χ4n) is 13.1. The van der Waals surface area contributed by atoms with Crippen molar-refractivity contribution in [3.8, 4) is 89.4 Å². The van der Waals surface area contributed by atoms with Gasteiger partial charge in [-0.1, -0.05) is 216 Å². The summed E-state index contributed by atoms with van der Waals surface area (Å²) in [5.74, 6) is 1.55. The van der Waals surface area contributed by atoms with Gasteiger partial charge in [0.05, 0.1) is 5.41 Å². The number of hydrogen-bond acceptors (Lipinski definition) is 2. The van der Waals surface area contributed by atoms with Crippen LogP contribution in [0.5, 0.6) is 11.5 Å². The van der Waals surface area contributed by atoms with Gasteiger partial charge in [-0.05, 0) is 153 Å². The van der Waals surface area contributed by atoms with Gasteiger partial charge in [-0.15, -0.1) is 0 Å². The lowest BCUT2D eigenvalue weighted by atomic mass is 9.66. The van der Waals surface area contributed by atoms with E-state index in [-0.39, 0.29) is 17.6 Å². The molecular weight excluding hydrogens is 849 g/mol. The molecule has 10 aromatic rings. The molecule has 0 radical (unpaired) electrons. The van der Waals surface area contributed by atoms with Crippen LogP contribution >= 0.6 is 0 Å². The van der Waals surface area contributed by atoms with Crippen LogP contribution in [0.1, 0.15) is 72.2 Å². The van der Waals surface area contributed by atoms with E-state index >= 15 is 0 Å². The van der Waals surface area contributed by atoms with Crippen LogP contribution in [-0.2, 0) is 16.2 Å². The van der Waals surface area contributed by atoms with Gasteiger partial charge in [0.25, 0.3) is 0 Å². The zero-order chi connectivity index (χ0) is 46.9. The highest BCUT2D eigenvalue weighted by Crippen LogP contribution is 2.62. The van der Waals surface area contributed by atoms with Crippen LogP contribution in [0.3, 0.4) is 0 Å². The lowest BCUT2D eigenvalue weighted by Gasteiger charge is -2.35. The molecule has 0 bridgehead atoms. The van der Waals surface area contributed by atoms with Gasteiger partial charge >= 0.3 is 0 Å². The highest BCUT2D eigenvalue weighted by atomic mass is 16.7. The van der Waals surface area contributed by atoms with Gasteiger partial charge in [0, 0.05) is 10.8 Å². The Hall–Kier alpha value is -8.20. The zero-order valence-electron chi connectivity index (χ0n) is 39.8. The third-order valence-corrected chi connectivity index (χ3v) is 16.4. The van der Waals surface area contributed by atoms with Crippen molar-refractivity contribution in [2.75, 3.05) is 6.79 Å². The number of rotatable bonds is 6. The number of ether oxygens (including phenoxy) is 2. The van der Waals surface area contributed by atoms with Crippen molar-refractivity contribution in [1.82, 2.24) is 0 Å². The molecule has 0 saturated heterocycles. The first-order valence-electron chi connectivity index (χ1n) is 24.7. The van der Waals surface area contributed by atoms with E-state index < -0.39 is 5.41 Å². The highest BCUT2D eigenvalue weighted by Gasteiger charge is 2.49. The Bertz CT molecular complexity index is 3660. The summed E-state index contributed by atoms with van der Waals surface area (Å²) in [4.78, 5) is 0. The fourth-order valence-corrected chi connectivity index (χ4v) is 13.1. The largest absolute Gasteiger partial charge is 0.454 e. The number of benzene rings is 10. The van der Waals surface area contributed by atoms with E-state index in [1.54, 1.807) is 0 Å². The standard InChI is InChI=1S/C68H50O2/c1-66(2)55-31-10-8-26-52(55)63-50(28-15-33-57(63)66)45-22-13-24-47(37-45)68(48-25-14-23-46(38-48)51-29-16-34-58-64(51)53-27-9-11-32-56(53)67(58,3)4)59-35-17-30-49(44-21-12-20-43(36-44)42-18-6-5-7-19-42)65(59)54-39-61-62(40-60(54)68)70-41-69-61/h5-40H,41H2,1-4H3. The summed E-state index contributed by atoms with van der Waals surface area (Å²) < 4.78 is 12.6. The smallest absolute Gasteiger partial charge is 0.231 e. The molecule has 0 N–H and O–H groups in total. The third kappa shape index (κ3) is 5.62. The summed E-state index contributed by atoms with van der Waals surface area (Å²) >= 11 is 0. The minimum absolute atomic E-state index is 0.117. The predicted octanol–water partition coefficient (Wildman–Crippen LogP) is 17.1. The summed E-state index contributed by atoms with van der Waals surface area (Å²) in [7, 11) is 0. The molecule has 3 aliphatic carbocycles. The Labute approximate surface area is 410 Å². The molecule has 0 fully saturated rings. The van der Waals surface area contributed by atoms with Crippen molar-refractivity contribution in [2.24, 2.45) is 0 Å². The Kier molecular flexibility index (Phi) is 8.69. The second kappa shape index (κ2) is 14.9. The topological polar surface area (TPSA) is 18.5 Å². The average molecular weight is 899 g/mol. The van der Waals surface area contributed by atoms with Crippen molar-refractivity contribution < 1.29 is 9.47 Å². The molecule has 2 nitrogen and oxygen atoms in total. The second-order valence-corrected chi connectivity index (χ2v) is 20.6. The molecule has 0 atom stereocenters. The van der Waals surface area contributed by atoms with E-state index in [9.17, 15) is 0 Å². The van der Waals surface area contributed by atoms with E-state index in [0.29, 0.717) is 0 Å². The molecule has 334 valence electrons. The molecule has 0 spiro atoms. The molecule has 0 amide bonds. The summed E-state index contributed by atoms with van der Waals surface area (Å²) in [6.07, 6.45) is 0. The minimum Gasteiger partial charge on any atom is -0.454 e. The molecule has 1 heterocycles. The van der Waals surface area contributed by atoms with Crippen molar-refractivity contribution in [3.63, 3.8) is 0 Å². The molecule has 0 aromatic heterocycles. The summed E-state index contributed by atoms with van der Waals surface area (Å²) in [6, 6.07) is 81.9. The lowest BCUT2D eigenvalue weighted by Crippen LogP contribution is -2.28. The van der Waals surface area contributed by atoms with Crippen molar-refractivity contribution in [3.05, 3.63) is 263 Å². The van der Waals surface area contributed by atoms with Crippen molar-refractivity contribution in [1.29, 1.82) is 0 Å². The Balaban J connectivity index is 1.06. The van der Waals surface area contributed by atoms with Gasteiger partial charge in [0.1, 0.15) is 0 Å². The van der Waals surface area contributed by atoms with E-state index in [0.717, 1.165) is 17.1 Å². The number of fused-ring (bicyclic) bond motifs is 10. The maximum Gasteiger partial charge on any atom is 0.231 e. The van der Waals surface area contributed by atoms with Crippen molar-refractivity contribution >= 4 is 0 Å². The molecule has 14 rings (SSSR count). The van der Waals surface area contributed by atoms with Crippen LogP contribution < -0.4 is 9.47 Å². The Morgan fingerprint density at radius 3 is 1.26 bits per heavy atom. The second-order valence-electron chi connectivity index (χ2n) is 20.6. The first-order chi connectivity index (χ1) is 34.2. The predicted molar refractivity (Wildman–Crippen MR) is 287 cm³/mol. The summed E-state index contributed by atoms with van der Waals surface area (Å²) in [5.41, 5.74) is 26.6. The van der Waals surface area contributed by atoms with Gasteiger partial charge in [-0.25, -0.2) is 0 Å². The molecule has 4 aliphatic rings. The maximum atomic E-state index is 6.34. The highest BCUT2D eigenvalue weighted by molar-refractivity contribution is 5.99. The van der Waals surface area contributed by atoms with Crippen LogP contribution in [0.2, 0.25) is 0 Å². The molecule has 70 heavy (non-hydrogen) atoms. The van der Waals surface area contributed by atoms with Gasteiger partial charge in [-0.3, -0.25) is 0 Å². The summed E-state index contributed by atoms with van der Waals surface area (Å²) in [6.45, 7) is 9.66. The van der Waals surface area contributed by atoms with Crippen LogP contribution in [0.15, 0.2) is 218 Å². The molecule has 1 aliphatic heterocycles. The lowest BCUT2D eigenvalue weighted by molar-refractivity contribution is 0.174. The Morgan fingerprint density at radius 1 is 0.286 bits per heavy atom. The first kappa shape index (κ1) is 40.8.